The van der Waals surface area contributed by atoms with E-state index in [9.17, 15) is 34.0 Å². The molecule has 0 aromatic carbocycles. The minimum atomic E-state index is -6.25. The van der Waals surface area contributed by atoms with Gasteiger partial charge in [0.15, 0.2) is 10.0 Å². The van der Waals surface area contributed by atoms with Gasteiger partial charge in [0.1, 0.15) is 0 Å². The Balaban J connectivity index is 1.50. The van der Waals surface area contributed by atoms with Crippen LogP contribution in [0.25, 0.3) is 4.13 Å². The van der Waals surface area contributed by atoms with Gasteiger partial charge in [0, 0.05) is 13.1 Å². The molecule has 5 aliphatic rings. The van der Waals surface area contributed by atoms with Gasteiger partial charge in [0.2, 0.25) is 10.3 Å². The molecule has 174 valence electrons. The Kier molecular flexibility index (Phi) is 5.75. The molecule has 5 fully saturated rings. The van der Waals surface area contributed by atoms with E-state index in [0.29, 0.717) is 35.4 Å². The van der Waals surface area contributed by atoms with Crippen molar-refractivity contribution in [2.75, 3.05) is 13.1 Å². The molecule has 0 aromatic heterocycles. The first-order valence-electron chi connectivity index (χ1n) is 10.1. The average Bonchev–Trinajstić information content (AvgIpc) is 2.63. The van der Waals surface area contributed by atoms with Gasteiger partial charge in [-0.1, -0.05) is 6.42 Å². The summed E-state index contributed by atoms with van der Waals surface area (Å²) in [7, 11) is -17.2. The summed E-state index contributed by atoms with van der Waals surface area (Å²) in [5.41, 5.74) is 0. The molecule has 0 radical (unpaired) electrons. The number of rotatable bonds is 7. The highest BCUT2D eigenvalue weighted by Crippen LogP contribution is 2.55. The number of hydrogen-bond donors (Lipinski definition) is 0. The summed E-state index contributed by atoms with van der Waals surface area (Å²) >= 11 is 0. The van der Waals surface area contributed by atoms with Gasteiger partial charge in [-0.25, -0.2) is 25.3 Å². The minimum absolute atomic E-state index is 0.0912. The summed E-state index contributed by atoms with van der Waals surface area (Å²) in [5, 5.41) is 0. The van der Waals surface area contributed by atoms with Crippen LogP contribution in [0.4, 0.5) is 8.78 Å². The molecule has 1 aliphatic heterocycles. The fourth-order valence-corrected chi connectivity index (χ4v) is 10.5. The minimum Gasteiger partial charge on any atom is -0.406 e. The molecule has 0 aromatic rings. The van der Waals surface area contributed by atoms with E-state index in [2.05, 4.69) is 4.13 Å². The zero-order valence-electron chi connectivity index (χ0n) is 16.2. The zero-order chi connectivity index (χ0) is 21.9. The maximum atomic E-state index is 14.5. The number of halogens is 2. The summed E-state index contributed by atoms with van der Waals surface area (Å²) in [6.07, 6.45) is 4.51. The predicted octanol–water partition coefficient (Wildman–Crippen LogP) is 2.14. The monoisotopic (exact) mass is 491 g/mol. The third-order valence-corrected chi connectivity index (χ3v) is 12.3. The number of sulfonamides is 2. The first-order chi connectivity index (χ1) is 13.8. The molecule has 0 spiro atoms. The van der Waals surface area contributed by atoms with Crippen LogP contribution in [-0.2, 0) is 34.5 Å². The second-order valence-corrected chi connectivity index (χ2v) is 14.2. The highest BCUT2D eigenvalue weighted by molar-refractivity contribution is 8.17. The predicted molar refractivity (Wildman–Crippen MR) is 102 cm³/mol. The highest BCUT2D eigenvalue weighted by atomic mass is 32.3. The van der Waals surface area contributed by atoms with Crippen LogP contribution in [0.3, 0.4) is 0 Å². The van der Waals surface area contributed by atoms with E-state index in [1.165, 1.54) is 0 Å². The topological polar surface area (TPSA) is 129 Å². The van der Waals surface area contributed by atoms with Crippen LogP contribution in [0.15, 0.2) is 0 Å². The van der Waals surface area contributed by atoms with Gasteiger partial charge in [-0.2, -0.15) is 13.1 Å². The van der Waals surface area contributed by atoms with Gasteiger partial charge in [0.25, 0.3) is 10.0 Å². The molecule has 4 saturated carbocycles. The SMILES string of the molecule is O=S(=O)([N-]S(=O)(=O)C(F)(F)S(=O)(=O)N1CCCCC1)OC1C2CC3CC(C2)CC1C3. The van der Waals surface area contributed by atoms with Crippen LogP contribution in [0.1, 0.15) is 51.4 Å². The smallest absolute Gasteiger partial charge is 0.406 e. The molecule has 0 atom stereocenters. The Bertz CT molecular complexity index is 964. The first-order valence-corrected chi connectivity index (χ1v) is 14.4. The van der Waals surface area contributed by atoms with Gasteiger partial charge < -0.3 is 4.13 Å². The Morgan fingerprint density at radius 1 is 0.800 bits per heavy atom. The lowest BCUT2D eigenvalue weighted by Gasteiger charge is -2.53. The van der Waals surface area contributed by atoms with Crippen molar-refractivity contribution < 1.29 is 38.2 Å². The molecule has 5 rings (SSSR count). The normalized spacial score (nSPS) is 35.6. The molecule has 0 unspecified atom stereocenters. The van der Waals surface area contributed by atoms with Crippen molar-refractivity contribution in [3.63, 3.8) is 0 Å². The average molecular weight is 492 g/mol. The summed E-state index contributed by atoms with van der Waals surface area (Å²) < 4.78 is 105. The molecule has 0 amide bonds. The van der Waals surface area contributed by atoms with E-state index in [1.54, 1.807) is 0 Å². The molecule has 0 N–H and O–H groups in total. The van der Waals surface area contributed by atoms with Crippen LogP contribution in [0.2, 0.25) is 0 Å². The van der Waals surface area contributed by atoms with Crippen molar-refractivity contribution in [3.8, 4) is 0 Å². The van der Waals surface area contributed by atoms with E-state index in [1.807, 2.05) is 0 Å². The lowest BCUT2D eigenvalue weighted by Crippen LogP contribution is -2.51. The molecule has 1 heterocycles. The molecule has 4 aliphatic carbocycles. The highest BCUT2D eigenvalue weighted by Gasteiger charge is 2.57. The van der Waals surface area contributed by atoms with Crippen LogP contribution in [0.5, 0.6) is 0 Å². The maximum absolute atomic E-state index is 14.5. The second-order valence-electron chi connectivity index (χ2n) is 8.90. The molecule has 4 bridgehead atoms. The third kappa shape index (κ3) is 3.91. The number of hydrogen-bond acceptors (Lipinski definition) is 7. The van der Waals surface area contributed by atoms with E-state index < -0.39 is 41.0 Å². The van der Waals surface area contributed by atoms with E-state index in [0.717, 1.165) is 32.1 Å². The quantitative estimate of drug-likeness (QED) is 0.533. The van der Waals surface area contributed by atoms with Crippen molar-refractivity contribution in [2.24, 2.45) is 23.7 Å². The van der Waals surface area contributed by atoms with Crippen molar-refractivity contribution >= 4 is 30.4 Å². The third-order valence-electron chi connectivity index (χ3n) is 6.82. The fraction of sp³-hybridized carbons (Fsp3) is 1.00. The lowest BCUT2D eigenvalue weighted by atomic mass is 9.55. The Labute approximate surface area is 175 Å². The van der Waals surface area contributed by atoms with Gasteiger partial charge in [-0.15, -0.1) is 0 Å². The van der Waals surface area contributed by atoms with E-state index >= 15 is 0 Å². The molecule has 1 saturated heterocycles. The molecule has 9 nitrogen and oxygen atoms in total. The van der Waals surface area contributed by atoms with Crippen molar-refractivity contribution in [2.45, 2.75) is 62.1 Å². The molecule has 30 heavy (non-hydrogen) atoms. The fourth-order valence-electron chi connectivity index (χ4n) is 5.74. The van der Waals surface area contributed by atoms with Gasteiger partial charge in [0.05, 0.1) is 6.10 Å². The molecular formula is C16H25F2N2O7S3-. The zero-order valence-corrected chi connectivity index (χ0v) is 18.6. The Morgan fingerprint density at radius 2 is 1.30 bits per heavy atom. The van der Waals surface area contributed by atoms with Gasteiger partial charge in [-0.05, 0) is 68.6 Å². The number of alkyl halides is 2. The Morgan fingerprint density at radius 3 is 1.80 bits per heavy atom. The number of piperidine rings is 1. The van der Waals surface area contributed by atoms with E-state index in [-0.39, 0.29) is 24.9 Å². The van der Waals surface area contributed by atoms with Crippen LogP contribution < -0.4 is 0 Å². The summed E-state index contributed by atoms with van der Waals surface area (Å²) in [6.45, 7) is -0.519. The lowest BCUT2D eigenvalue weighted by molar-refractivity contribution is -0.0759. The summed E-state index contributed by atoms with van der Waals surface area (Å²) in [4.78, 5) is 0. The largest absolute Gasteiger partial charge is 0.443 e. The second kappa shape index (κ2) is 7.58. The maximum Gasteiger partial charge on any atom is 0.443 e. The molecular weight excluding hydrogens is 466 g/mol. The number of nitrogens with zero attached hydrogens (tertiary/aromatic N) is 2. The summed E-state index contributed by atoms with van der Waals surface area (Å²) in [5.74, 6) is 0.780. The van der Waals surface area contributed by atoms with Crippen LogP contribution >= 0.6 is 0 Å². The van der Waals surface area contributed by atoms with Crippen LogP contribution in [-0.4, -0.2) is 53.3 Å². The van der Waals surface area contributed by atoms with Crippen molar-refractivity contribution in [1.82, 2.24) is 4.31 Å². The van der Waals surface area contributed by atoms with Gasteiger partial charge >= 0.3 is 4.59 Å². The van der Waals surface area contributed by atoms with E-state index in [4.69, 9.17) is 4.18 Å². The summed E-state index contributed by atoms with van der Waals surface area (Å²) in [6, 6.07) is 0. The standard InChI is InChI=1S/C16H25F2N2O7S3/c17-16(18,29(23,24)20-4-2-1-3-5-20)28(21,22)19-30(25,26)27-15-13-7-11-6-12(9-13)10-14(15)8-11/h11-15H,1-10H2/q-1. The van der Waals surface area contributed by atoms with Gasteiger partial charge in [-0.3, -0.25) is 4.18 Å². The first kappa shape index (κ1) is 22.8. The van der Waals surface area contributed by atoms with Crippen molar-refractivity contribution in [1.29, 1.82) is 0 Å². The van der Waals surface area contributed by atoms with Crippen LogP contribution in [0, 0.1) is 23.7 Å². The van der Waals surface area contributed by atoms with Crippen molar-refractivity contribution in [3.05, 3.63) is 4.13 Å². The Hall–Kier alpha value is -0.410. The molecule has 14 heteroatoms.